The third-order valence-corrected chi connectivity index (χ3v) is 3.77. The summed E-state index contributed by atoms with van der Waals surface area (Å²) in [4.78, 5) is 0. The van der Waals surface area contributed by atoms with Crippen molar-refractivity contribution in [2.45, 2.75) is 34.1 Å². The second-order valence-corrected chi connectivity index (χ2v) is 5.40. The fraction of sp³-hybridized carbons (Fsp3) is 0.250. The monoisotopic (exact) mass is 336 g/mol. The van der Waals surface area contributed by atoms with Gasteiger partial charge in [-0.2, -0.15) is 0 Å². The Morgan fingerprint density at radius 3 is 2.24 bits per heavy atom. The molecule has 0 radical (unpaired) electrons. The molecule has 0 bridgehead atoms. The van der Waals surface area contributed by atoms with E-state index in [2.05, 4.69) is 15.4 Å². The molecule has 0 aliphatic heterocycles. The summed E-state index contributed by atoms with van der Waals surface area (Å²) in [6, 6.07) is 17.9. The minimum absolute atomic E-state index is 0.486. The zero-order chi connectivity index (χ0) is 18.2. The van der Waals surface area contributed by atoms with E-state index in [0.717, 1.165) is 22.6 Å². The van der Waals surface area contributed by atoms with Crippen LogP contribution in [0.5, 0.6) is 0 Å². The van der Waals surface area contributed by atoms with Gasteiger partial charge in [0.05, 0.1) is 5.69 Å². The van der Waals surface area contributed by atoms with Crippen LogP contribution < -0.4 is 0 Å². The molecular weight excluding hydrogens is 312 g/mol. The first-order chi connectivity index (χ1) is 12.2. The fourth-order valence-electron chi connectivity index (χ4n) is 2.60. The van der Waals surface area contributed by atoms with E-state index >= 15 is 0 Å². The number of nitrogens with zero attached hydrogens (tertiary/aromatic N) is 4. The third kappa shape index (κ3) is 4.12. The second kappa shape index (κ2) is 8.78. The van der Waals surface area contributed by atoms with Crippen LogP contribution in [0.15, 0.2) is 59.8 Å². The van der Waals surface area contributed by atoms with Crippen molar-refractivity contribution in [3.63, 3.8) is 0 Å². The molecule has 0 aliphatic rings. The van der Waals surface area contributed by atoms with Crippen molar-refractivity contribution >= 4 is 5.71 Å². The van der Waals surface area contributed by atoms with E-state index in [1.54, 1.807) is 0 Å². The highest BCUT2D eigenvalue weighted by molar-refractivity contribution is 5.99. The Bertz CT molecular complexity index is 838. The van der Waals surface area contributed by atoms with Gasteiger partial charge in [-0.05, 0) is 31.0 Å². The fourth-order valence-corrected chi connectivity index (χ4v) is 2.60. The molecule has 0 unspecified atom stereocenters. The average Bonchev–Trinajstić information content (AvgIpc) is 3.04. The number of hydrogen-bond donors (Lipinski definition) is 1. The lowest BCUT2D eigenvalue weighted by Crippen LogP contribution is -2.14. The standard InChI is InChI=1S/C18H18N4O.C2H6/c1-13-8-6-7-11-17(13)22-14(2)19-20-18(22)16(21-23)12-15-9-4-3-5-10-15;1-2/h3-11,23H,12H2,1-2H3;1-2H3/b21-16-;. The third-order valence-electron chi connectivity index (χ3n) is 3.77. The van der Waals surface area contributed by atoms with Crippen molar-refractivity contribution in [3.05, 3.63) is 77.4 Å². The maximum atomic E-state index is 9.50. The van der Waals surface area contributed by atoms with Gasteiger partial charge in [-0.3, -0.25) is 4.57 Å². The maximum absolute atomic E-state index is 9.50. The predicted octanol–water partition coefficient (Wildman–Crippen LogP) is 4.33. The van der Waals surface area contributed by atoms with Gasteiger partial charge in [-0.1, -0.05) is 67.5 Å². The van der Waals surface area contributed by atoms with Gasteiger partial charge in [0.15, 0.2) is 5.82 Å². The minimum Gasteiger partial charge on any atom is -0.411 e. The van der Waals surface area contributed by atoms with Crippen LogP contribution >= 0.6 is 0 Å². The summed E-state index contributed by atoms with van der Waals surface area (Å²) in [5.74, 6) is 1.31. The highest BCUT2D eigenvalue weighted by Crippen LogP contribution is 2.18. The van der Waals surface area contributed by atoms with Crippen LogP contribution in [0.3, 0.4) is 0 Å². The lowest BCUT2D eigenvalue weighted by Gasteiger charge is -2.12. The van der Waals surface area contributed by atoms with Crippen molar-refractivity contribution in [1.29, 1.82) is 0 Å². The van der Waals surface area contributed by atoms with Crippen LogP contribution in [0.2, 0.25) is 0 Å². The lowest BCUT2D eigenvalue weighted by molar-refractivity contribution is 0.318. The Morgan fingerprint density at radius 2 is 1.60 bits per heavy atom. The van der Waals surface area contributed by atoms with Gasteiger partial charge in [0, 0.05) is 6.42 Å². The second-order valence-electron chi connectivity index (χ2n) is 5.40. The smallest absolute Gasteiger partial charge is 0.186 e. The molecular formula is C20H24N4O. The van der Waals surface area contributed by atoms with Crippen LogP contribution in [0.1, 0.15) is 36.6 Å². The Morgan fingerprint density at radius 1 is 0.960 bits per heavy atom. The van der Waals surface area contributed by atoms with Gasteiger partial charge >= 0.3 is 0 Å². The molecule has 130 valence electrons. The van der Waals surface area contributed by atoms with Crippen molar-refractivity contribution in [2.24, 2.45) is 5.16 Å². The van der Waals surface area contributed by atoms with E-state index in [1.165, 1.54) is 0 Å². The number of benzene rings is 2. The number of hydrogen-bond acceptors (Lipinski definition) is 4. The molecule has 0 amide bonds. The molecule has 25 heavy (non-hydrogen) atoms. The van der Waals surface area contributed by atoms with Gasteiger partial charge in [0.25, 0.3) is 0 Å². The summed E-state index contributed by atoms with van der Waals surface area (Å²) in [6.07, 6.45) is 0.487. The summed E-state index contributed by atoms with van der Waals surface area (Å²) in [7, 11) is 0. The normalized spacial score (nSPS) is 11.0. The van der Waals surface area contributed by atoms with Crippen LogP contribution in [0.25, 0.3) is 5.69 Å². The van der Waals surface area contributed by atoms with Crippen molar-refractivity contribution in [2.75, 3.05) is 0 Å². The van der Waals surface area contributed by atoms with Gasteiger partial charge in [0.1, 0.15) is 11.5 Å². The van der Waals surface area contributed by atoms with Crippen molar-refractivity contribution < 1.29 is 5.21 Å². The molecule has 0 saturated carbocycles. The summed E-state index contributed by atoms with van der Waals surface area (Å²) >= 11 is 0. The molecule has 3 aromatic rings. The van der Waals surface area contributed by atoms with Crippen LogP contribution in [-0.4, -0.2) is 25.7 Å². The average molecular weight is 336 g/mol. The van der Waals surface area contributed by atoms with Crippen LogP contribution in [0.4, 0.5) is 0 Å². The van der Waals surface area contributed by atoms with Crippen molar-refractivity contribution in [1.82, 2.24) is 14.8 Å². The number of aromatic nitrogens is 3. The lowest BCUT2D eigenvalue weighted by atomic mass is 10.1. The molecule has 0 atom stereocenters. The van der Waals surface area contributed by atoms with E-state index in [9.17, 15) is 5.21 Å². The number of para-hydroxylation sites is 1. The molecule has 0 aliphatic carbocycles. The first kappa shape index (κ1) is 18.4. The minimum atomic E-state index is 0.486. The van der Waals surface area contributed by atoms with Gasteiger partial charge in [-0.25, -0.2) is 0 Å². The molecule has 5 heteroatoms. The zero-order valence-corrected chi connectivity index (χ0v) is 15.1. The number of oxime groups is 1. The molecule has 1 aromatic heterocycles. The topological polar surface area (TPSA) is 63.3 Å². The Kier molecular flexibility index (Phi) is 6.46. The first-order valence-corrected chi connectivity index (χ1v) is 8.44. The molecule has 2 aromatic carbocycles. The van der Waals surface area contributed by atoms with Gasteiger partial charge in [-0.15, -0.1) is 10.2 Å². The molecule has 1 N–H and O–H groups in total. The summed E-state index contributed by atoms with van der Waals surface area (Å²) in [5.41, 5.74) is 3.63. The first-order valence-electron chi connectivity index (χ1n) is 8.44. The van der Waals surface area contributed by atoms with Crippen molar-refractivity contribution in [3.8, 4) is 5.69 Å². The largest absolute Gasteiger partial charge is 0.411 e. The molecule has 3 rings (SSSR count). The zero-order valence-electron chi connectivity index (χ0n) is 15.1. The summed E-state index contributed by atoms with van der Waals surface area (Å²) in [5, 5.41) is 21.4. The SMILES string of the molecule is CC.Cc1ccccc1-n1c(C)nnc1/C(Cc1ccccc1)=N\O. The highest BCUT2D eigenvalue weighted by atomic mass is 16.4. The van der Waals surface area contributed by atoms with E-state index in [1.807, 2.05) is 86.9 Å². The number of aryl methyl sites for hydroxylation is 2. The molecule has 1 heterocycles. The number of rotatable bonds is 4. The van der Waals surface area contributed by atoms with E-state index in [-0.39, 0.29) is 0 Å². The maximum Gasteiger partial charge on any atom is 0.186 e. The molecule has 0 saturated heterocycles. The Labute approximate surface area is 148 Å². The highest BCUT2D eigenvalue weighted by Gasteiger charge is 2.18. The molecule has 0 spiro atoms. The summed E-state index contributed by atoms with van der Waals surface area (Å²) in [6.45, 7) is 7.92. The summed E-state index contributed by atoms with van der Waals surface area (Å²) < 4.78 is 1.92. The quantitative estimate of drug-likeness (QED) is 0.438. The van der Waals surface area contributed by atoms with E-state index in [4.69, 9.17) is 0 Å². The Balaban J connectivity index is 0.00000109. The predicted molar refractivity (Wildman–Crippen MR) is 101 cm³/mol. The van der Waals surface area contributed by atoms with Gasteiger partial charge < -0.3 is 5.21 Å². The van der Waals surface area contributed by atoms with Crippen LogP contribution in [-0.2, 0) is 6.42 Å². The Hall–Kier alpha value is -2.95. The molecule has 0 fully saturated rings. The van der Waals surface area contributed by atoms with Gasteiger partial charge in [0.2, 0.25) is 0 Å². The van der Waals surface area contributed by atoms with E-state index in [0.29, 0.717) is 18.0 Å². The molecule has 5 nitrogen and oxygen atoms in total. The van der Waals surface area contributed by atoms with Crippen LogP contribution in [0, 0.1) is 13.8 Å². The van der Waals surface area contributed by atoms with E-state index < -0.39 is 0 Å².